The first-order valence-electron chi connectivity index (χ1n) is 7.12. The molecule has 0 saturated heterocycles. The average Bonchev–Trinajstić information content (AvgIpc) is 2.87. The summed E-state index contributed by atoms with van der Waals surface area (Å²) in [5.74, 6) is 0.235. The molecule has 18 heavy (non-hydrogen) atoms. The lowest BCUT2D eigenvalue weighted by atomic mass is 9.83. The van der Waals surface area contributed by atoms with E-state index < -0.39 is 12.2 Å². The lowest BCUT2D eigenvalue weighted by molar-refractivity contribution is -0.0326. The first kappa shape index (κ1) is 13.6. The highest BCUT2D eigenvalue weighted by Crippen LogP contribution is 2.32. The van der Waals surface area contributed by atoms with Gasteiger partial charge in [0.25, 0.3) is 0 Å². The van der Waals surface area contributed by atoms with Crippen LogP contribution in [0.2, 0.25) is 0 Å². The van der Waals surface area contributed by atoms with Crippen LogP contribution in [0.1, 0.15) is 57.2 Å². The van der Waals surface area contributed by atoms with Crippen molar-refractivity contribution in [2.75, 3.05) is 0 Å². The second kappa shape index (κ2) is 6.34. The standard InChI is InChI=1S/C14H24N2O2/c1-2-10-16-12(8-9-15-16)14(18)13(17)11-6-4-3-5-7-11/h8-9,11,13-14,17-18H,2-7,10H2,1H3. The number of aryl methyl sites for hydroxylation is 1. The van der Waals surface area contributed by atoms with Gasteiger partial charge in [0.15, 0.2) is 0 Å². The summed E-state index contributed by atoms with van der Waals surface area (Å²) >= 11 is 0. The predicted molar refractivity (Wildman–Crippen MR) is 70.1 cm³/mol. The fourth-order valence-electron chi connectivity index (χ4n) is 2.90. The SMILES string of the molecule is CCCn1nccc1C(O)C(O)C1CCCCC1. The van der Waals surface area contributed by atoms with Gasteiger partial charge in [0.05, 0.1) is 11.8 Å². The maximum atomic E-state index is 10.3. The third kappa shape index (κ3) is 2.93. The molecule has 1 aromatic rings. The highest BCUT2D eigenvalue weighted by Gasteiger charge is 2.30. The maximum Gasteiger partial charge on any atom is 0.122 e. The molecule has 1 aromatic heterocycles. The minimum atomic E-state index is -0.804. The number of aliphatic hydroxyl groups excluding tert-OH is 2. The summed E-state index contributed by atoms with van der Waals surface area (Å²) < 4.78 is 1.80. The van der Waals surface area contributed by atoms with Crippen molar-refractivity contribution >= 4 is 0 Å². The number of hydrogen-bond donors (Lipinski definition) is 2. The molecule has 0 bridgehead atoms. The summed E-state index contributed by atoms with van der Waals surface area (Å²) in [4.78, 5) is 0. The molecule has 2 unspecified atom stereocenters. The van der Waals surface area contributed by atoms with Crippen molar-refractivity contribution in [1.29, 1.82) is 0 Å². The van der Waals surface area contributed by atoms with Gasteiger partial charge in [-0.1, -0.05) is 26.2 Å². The normalized spacial score (nSPS) is 20.8. The number of aromatic nitrogens is 2. The van der Waals surface area contributed by atoms with Crippen LogP contribution in [0.4, 0.5) is 0 Å². The molecule has 1 heterocycles. The van der Waals surface area contributed by atoms with E-state index >= 15 is 0 Å². The number of nitrogens with zero attached hydrogens (tertiary/aromatic N) is 2. The molecule has 2 rings (SSSR count). The van der Waals surface area contributed by atoms with Crippen molar-refractivity contribution in [1.82, 2.24) is 9.78 Å². The van der Waals surface area contributed by atoms with Gasteiger partial charge in [0.1, 0.15) is 6.10 Å². The summed E-state index contributed by atoms with van der Waals surface area (Å²) in [5.41, 5.74) is 0.745. The van der Waals surface area contributed by atoms with Gasteiger partial charge >= 0.3 is 0 Å². The fourth-order valence-corrected chi connectivity index (χ4v) is 2.90. The Morgan fingerprint density at radius 3 is 2.72 bits per heavy atom. The molecular weight excluding hydrogens is 228 g/mol. The van der Waals surface area contributed by atoms with E-state index in [1.807, 2.05) is 6.07 Å². The van der Waals surface area contributed by atoms with Crippen molar-refractivity contribution in [2.24, 2.45) is 5.92 Å². The van der Waals surface area contributed by atoms with Gasteiger partial charge in [-0.2, -0.15) is 5.10 Å². The third-order valence-electron chi connectivity index (χ3n) is 3.94. The molecule has 0 spiro atoms. The van der Waals surface area contributed by atoms with E-state index in [0.29, 0.717) is 0 Å². The van der Waals surface area contributed by atoms with E-state index in [-0.39, 0.29) is 5.92 Å². The first-order valence-corrected chi connectivity index (χ1v) is 7.12. The maximum absolute atomic E-state index is 10.3. The molecule has 1 saturated carbocycles. The summed E-state index contributed by atoms with van der Waals surface area (Å²) in [6, 6.07) is 1.81. The second-order valence-electron chi connectivity index (χ2n) is 5.31. The Bertz CT molecular complexity index is 358. The molecule has 0 aromatic carbocycles. The van der Waals surface area contributed by atoms with E-state index in [1.165, 1.54) is 19.3 Å². The molecule has 2 atom stereocenters. The molecule has 0 aliphatic heterocycles. The van der Waals surface area contributed by atoms with Crippen molar-refractivity contribution in [3.63, 3.8) is 0 Å². The van der Waals surface area contributed by atoms with Crippen LogP contribution < -0.4 is 0 Å². The van der Waals surface area contributed by atoms with Crippen LogP contribution in [0.15, 0.2) is 12.3 Å². The quantitative estimate of drug-likeness (QED) is 0.845. The van der Waals surface area contributed by atoms with Crippen LogP contribution in [0, 0.1) is 5.92 Å². The molecule has 1 aliphatic rings. The second-order valence-corrected chi connectivity index (χ2v) is 5.31. The highest BCUT2D eigenvalue weighted by molar-refractivity contribution is 5.07. The minimum Gasteiger partial charge on any atom is -0.390 e. The highest BCUT2D eigenvalue weighted by atomic mass is 16.3. The average molecular weight is 252 g/mol. The zero-order valence-corrected chi connectivity index (χ0v) is 11.1. The van der Waals surface area contributed by atoms with Gasteiger partial charge in [-0.3, -0.25) is 4.68 Å². The zero-order chi connectivity index (χ0) is 13.0. The smallest absolute Gasteiger partial charge is 0.122 e. The van der Waals surface area contributed by atoms with Crippen molar-refractivity contribution in [3.8, 4) is 0 Å². The zero-order valence-electron chi connectivity index (χ0n) is 11.1. The van der Waals surface area contributed by atoms with E-state index in [9.17, 15) is 10.2 Å². The van der Waals surface area contributed by atoms with Crippen LogP contribution in [0.3, 0.4) is 0 Å². The van der Waals surface area contributed by atoms with Crippen LogP contribution in [-0.2, 0) is 6.54 Å². The Kier molecular flexibility index (Phi) is 4.78. The van der Waals surface area contributed by atoms with Crippen LogP contribution in [0.5, 0.6) is 0 Å². The molecular formula is C14H24N2O2. The molecule has 4 heteroatoms. The number of hydrogen-bond acceptors (Lipinski definition) is 3. The largest absolute Gasteiger partial charge is 0.390 e. The van der Waals surface area contributed by atoms with E-state index in [4.69, 9.17) is 0 Å². The summed E-state index contributed by atoms with van der Waals surface area (Å²) in [5, 5.41) is 24.8. The monoisotopic (exact) mass is 252 g/mol. The van der Waals surface area contributed by atoms with Crippen molar-refractivity contribution in [2.45, 2.75) is 64.2 Å². The molecule has 1 aliphatic carbocycles. The lowest BCUT2D eigenvalue weighted by Crippen LogP contribution is -2.30. The van der Waals surface area contributed by atoms with Crippen molar-refractivity contribution in [3.05, 3.63) is 18.0 Å². The molecule has 0 amide bonds. The van der Waals surface area contributed by atoms with Gasteiger partial charge in [0, 0.05) is 12.7 Å². The van der Waals surface area contributed by atoms with Crippen LogP contribution >= 0.6 is 0 Å². The van der Waals surface area contributed by atoms with E-state index in [0.717, 1.165) is 31.5 Å². The Labute approximate surface area is 109 Å². The lowest BCUT2D eigenvalue weighted by Gasteiger charge is -2.29. The van der Waals surface area contributed by atoms with Crippen LogP contribution in [0.25, 0.3) is 0 Å². The van der Waals surface area contributed by atoms with Gasteiger partial charge in [0.2, 0.25) is 0 Å². The summed E-state index contributed by atoms with van der Waals surface area (Å²) in [6.45, 7) is 2.87. The van der Waals surface area contributed by atoms with Crippen molar-refractivity contribution < 1.29 is 10.2 Å². The molecule has 4 nitrogen and oxygen atoms in total. The Balaban J connectivity index is 2.04. The first-order chi connectivity index (χ1) is 8.74. The molecule has 0 radical (unpaired) electrons. The Morgan fingerprint density at radius 2 is 2.06 bits per heavy atom. The number of rotatable bonds is 5. The Morgan fingerprint density at radius 1 is 1.33 bits per heavy atom. The van der Waals surface area contributed by atoms with Gasteiger partial charge < -0.3 is 10.2 Å². The van der Waals surface area contributed by atoms with Gasteiger partial charge in [-0.05, 0) is 31.2 Å². The molecule has 1 fully saturated rings. The predicted octanol–water partition coefficient (Wildman–Crippen LogP) is 2.27. The Hall–Kier alpha value is -0.870. The van der Waals surface area contributed by atoms with Gasteiger partial charge in [-0.25, -0.2) is 0 Å². The topological polar surface area (TPSA) is 58.3 Å². The van der Waals surface area contributed by atoms with Crippen LogP contribution in [-0.4, -0.2) is 26.1 Å². The third-order valence-corrected chi connectivity index (χ3v) is 3.94. The molecule has 2 N–H and O–H groups in total. The van der Waals surface area contributed by atoms with E-state index in [2.05, 4.69) is 12.0 Å². The van der Waals surface area contributed by atoms with Gasteiger partial charge in [-0.15, -0.1) is 0 Å². The minimum absolute atomic E-state index is 0.235. The summed E-state index contributed by atoms with van der Waals surface area (Å²) in [6.07, 6.45) is 6.86. The van der Waals surface area contributed by atoms with E-state index in [1.54, 1.807) is 10.9 Å². The number of aliphatic hydroxyl groups is 2. The summed E-state index contributed by atoms with van der Waals surface area (Å²) in [7, 11) is 0. The fraction of sp³-hybridized carbons (Fsp3) is 0.786. The molecule has 102 valence electrons.